The number of ether oxygens (including phenoxy) is 1. The first-order valence-corrected chi connectivity index (χ1v) is 11.2. The number of pyridine rings is 1. The molecule has 2 aliphatic heterocycles. The summed E-state index contributed by atoms with van der Waals surface area (Å²) < 4.78 is 7.48. The Labute approximate surface area is 192 Å². The molecule has 33 heavy (non-hydrogen) atoms. The van der Waals surface area contributed by atoms with Crippen LogP contribution < -0.4 is 0 Å². The van der Waals surface area contributed by atoms with Gasteiger partial charge in [-0.25, -0.2) is 9.97 Å². The first kappa shape index (κ1) is 22.9. The summed E-state index contributed by atoms with van der Waals surface area (Å²) >= 11 is 0. The third-order valence-electron chi connectivity index (χ3n) is 6.21. The molecule has 0 saturated carbocycles. The molecule has 9 heteroatoms. The highest BCUT2D eigenvalue weighted by Gasteiger charge is 2.28. The Kier molecular flexibility index (Phi) is 7.64. The molecular formula is C24H29N5O4. The maximum atomic E-state index is 13.0. The van der Waals surface area contributed by atoms with E-state index in [1.807, 2.05) is 33.7 Å². The third kappa shape index (κ3) is 5.55. The number of imidazole rings is 1. The van der Waals surface area contributed by atoms with Crippen molar-refractivity contribution in [2.24, 2.45) is 0 Å². The summed E-state index contributed by atoms with van der Waals surface area (Å²) in [6, 6.07) is 12.7. The van der Waals surface area contributed by atoms with E-state index >= 15 is 0 Å². The van der Waals surface area contributed by atoms with Gasteiger partial charge in [0.2, 0.25) is 0 Å². The van der Waals surface area contributed by atoms with Crippen molar-refractivity contribution in [3.05, 3.63) is 60.0 Å². The predicted octanol–water partition coefficient (Wildman–Crippen LogP) is 2.12. The van der Waals surface area contributed by atoms with Crippen molar-refractivity contribution < 1.29 is 19.4 Å². The van der Waals surface area contributed by atoms with Gasteiger partial charge < -0.3 is 19.3 Å². The molecule has 0 atom stereocenters. The van der Waals surface area contributed by atoms with Gasteiger partial charge in [-0.15, -0.1) is 0 Å². The van der Waals surface area contributed by atoms with E-state index in [4.69, 9.17) is 14.6 Å². The van der Waals surface area contributed by atoms with Gasteiger partial charge >= 0.3 is 0 Å². The molecule has 0 radical (unpaired) electrons. The van der Waals surface area contributed by atoms with E-state index in [0.29, 0.717) is 18.2 Å². The van der Waals surface area contributed by atoms with Gasteiger partial charge in [-0.3, -0.25) is 14.5 Å². The van der Waals surface area contributed by atoms with Crippen LogP contribution in [0.4, 0.5) is 0 Å². The number of nitrogens with zero attached hydrogens (tertiary/aromatic N) is 5. The van der Waals surface area contributed by atoms with Crippen molar-refractivity contribution in [3.8, 4) is 0 Å². The summed E-state index contributed by atoms with van der Waals surface area (Å²) in [6.45, 7) is 5.70. The summed E-state index contributed by atoms with van der Waals surface area (Å²) in [5.41, 5.74) is 3.39. The van der Waals surface area contributed by atoms with Gasteiger partial charge in [0, 0.05) is 38.4 Å². The first-order valence-electron chi connectivity index (χ1n) is 11.2. The molecule has 9 nitrogen and oxygen atoms in total. The second-order valence-corrected chi connectivity index (χ2v) is 8.20. The summed E-state index contributed by atoms with van der Waals surface area (Å²) in [5.74, 6) is 0.0578. The minimum absolute atomic E-state index is 0.0578. The fourth-order valence-corrected chi connectivity index (χ4v) is 4.52. The Balaban J connectivity index is 0.000000821. The highest BCUT2D eigenvalue weighted by molar-refractivity contribution is 5.96. The third-order valence-corrected chi connectivity index (χ3v) is 6.21. The number of rotatable bonds is 4. The molecule has 0 bridgehead atoms. The molecule has 5 rings (SSSR count). The number of aromatic nitrogens is 3. The second-order valence-electron chi connectivity index (χ2n) is 8.20. The Bertz CT molecular complexity index is 1060. The van der Waals surface area contributed by atoms with Crippen LogP contribution in [0.25, 0.3) is 11.2 Å². The minimum atomic E-state index is -0.250. The highest BCUT2D eigenvalue weighted by Crippen LogP contribution is 2.21. The van der Waals surface area contributed by atoms with Crippen molar-refractivity contribution in [2.75, 3.05) is 39.4 Å². The lowest BCUT2D eigenvalue weighted by Gasteiger charge is -2.40. The van der Waals surface area contributed by atoms with E-state index in [9.17, 15) is 4.79 Å². The topological polar surface area (TPSA) is 101 Å². The molecule has 0 unspecified atom stereocenters. The maximum absolute atomic E-state index is 13.0. The lowest BCUT2D eigenvalue weighted by Crippen LogP contribution is -2.50. The van der Waals surface area contributed by atoms with Gasteiger partial charge in [-0.2, -0.15) is 0 Å². The summed E-state index contributed by atoms with van der Waals surface area (Å²) in [4.78, 5) is 34.9. The number of fused-ring (bicyclic) bond motifs is 1. The largest absolute Gasteiger partial charge is 0.483 e. The number of carbonyl (C=O) groups excluding carboxylic acids is 1. The Morgan fingerprint density at radius 3 is 2.48 bits per heavy atom. The highest BCUT2D eigenvalue weighted by atomic mass is 16.5. The van der Waals surface area contributed by atoms with E-state index in [-0.39, 0.29) is 12.4 Å². The van der Waals surface area contributed by atoms with Crippen LogP contribution in [0.5, 0.6) is 0 Å². The van der Waals surface area contributed by atoms with E-state index in [1.54, 1.807) is 12.5 Å². The van der Waals surface area contributed by atoms with E-state index in [0.717, 1.165) is 63.4 Å². The van der Waals surface area contributed by atoms with E-state index in [2.05, 4.69) is 27.0 Å². The molecule has 2 aliphatic rings. The molecule has 0 aliphatic carbocycles. The van der Waals surface area contributed by atoms with Crippen molar-refractivity contribution in [2.45, 2.75) is 25.4 Å². The van der Waals surface area contributed by atoms with E-state index in [1.165, 1.54) is 5.56 Å². The van der Waals surface area contributed by atoms with Crippen molar-refractivity contribution in [1.29, 1.82) is 0 Å². The number of benzene rings is 1. The summed E-state index contributed by atoms with van der Waals surface area (Å²) in [5, 5.41) is 6.89. The van der Waals surface area contributed by atoms with Crippen LogP contribution >= 0.6 is 0 Å². The number of hydrogen-bond donors (Lipinski definition) is 1. The zero-order valence-electron chi connectivity index (χ0n) is 18.5. The van der Waals surface area contributed by atoms with Crippen LogP contribution in [0.15, 0.2) is 48.9 Å². The SMILES string of the molecule is O=C(c1cnc2c(c1)ncn2Cc1ccccc1)N1CCC(N2CCOCC2)CC1.O=CO. The molecule has 3 aromatic rings. The van der Waals surface area contributed by atoms with E-state index < -0.39 is 0 Å². The lowest BCUT2D eigenvalue weighted by molar-refractivity contribution is -0.122. The van der Waals surface area contributed by atoms with Crippen LogP contribution in [0, 0.1) is 0 Å². The van der Waals surface area contributed by atoms with Crippen LogP contribution in [-0.2, 0) is 16.1 Å². The fraction of sp³-hybridized carbons (Fsp3) is 0.417. The molecule has 0 spiro atoms. The number of likely N-dealkylation sites (tertiary alicyclic amines) is 1. The Hall–Kier alpha value is -3.30. The zero-order chi connectivity index (χ0) is 23.0. The number of hydrogen-bond acceptors (Lipinski definition) is 6. The van der Waals surface area contributed by atoms with Gasteiger partial charge in [0.15, 0.2) is 5.65 Å². The zero-order valence-corrected chi connectivity index (χ0v) is 18.5. The molecule has 2 fully saturated rings. The number of carboxylic acid groups (broad SMARTS) is 1. The maximum Gasteiger partial charge on any atom is 0.290 e. The second kappa shape index (κ2) is 11.0. The van der Waals surface area contributed by atoms with Gasteiger partial charge in [0.05, 0.1) is 31.6 Å². The number of morpholine rings is 1. The van der Waals surface area contributed by atoms with Crippen molar-refractivity contribution in [3.63, 3.8) is 0 Å². The standard InChI is InChI=1S/C23H27N5O2.CH2O2/c29-23(27-8-6-20(7-9-27)26-10-12-30-13-11-26)19-14-21-22(24-15-19)28(17-25-21)16-18-4-2-1-3-5-18;2-1-3/h1-5,14-15,17,20H,6-13,16H2;1H,(H,2,3). The molecule has 1 amide bonds. The number of carbonyl (C=O) groups is 2. The van der Waals surface area contributed by atoms with Crippen LogP contribution in [0.1, 0.15) is 28.8 Å². The average Bonchev–Trinajstić information content (AvgIpc) is 3.27. The smallest absolute Gasteiger partial charge is 0.290 e. The van der Waals surface area contributed by atoms with Crippen molar-refractivity contribution >= 4 is 23.5 Å². The lowest BCUT2D eigenvalue weighted by atomic mass is 10.0. The average molecular weight is 452 g/mol. The monoisotopic (exact) mass is 451 g/mol. The van der Waals surface area contributed by atoms with Gasteiger partial charge in [0.1, 0.15) is 5.52 Å². The molecular weight excluding hydrogens is 422 g/mol. The number of piperidine rings is 1. The molecule has 1 aromatic carbocycles. The fourth-order valence-electron chi connectivity index (χ4n) is 4.52. The Morgan fingerprint density at radius 1 is 1.09 bits per heavy atom. The van der Waals surface area contributed by atoms with Crippen LogP contribution in [0.2, 0.25) is 0 Å². The van der Waals surface area contributed by atoms with Crippen LogP contribution in [-0.4, -0.2) is 87.3 Å². The molecule has 2 aromatic heterocycles. The van der Waals surface area contributed by atoms with Gasteiger partial charge in [-0.05, 0) is 24.5 Å². The van der Waals surface area contributed by atoms with Crippen molar-refractivity contribution in [1.82, 2.24) is 24.3 Å². The molecule has 174 valence electrons. The molecule has 2 saturated heterocycles. The minimum Gasteiger partial charge on any atom is -0.483 e. The van der Waals surface area contributed by atoms with Crippen LogP contribution in [0.3, 0.4) is 0 Å². The summed E-state index contributed by atoms with van der Waals surface area (Å²) in [7, 11) is 0. The normalized spacial score (nSPS) is 17.4. The predicted molar refractivity (Wildman–Crippen MR) is 123 cm³/mol. The Morgan fingerprint density at radius 2 is 1.79 bits per heavy atom. The molecule has 4 heterocycles. The quantitative estimate of drug-likeness (QED) is 0.607. The molecule has 1 N–H and O–H groups in total. The summed E-state index contributed by atoms with van der Waals surface area (Å²) in [6.07, 6.45) is 5.54. The first-order chi connectivity index (χ1) is 16.2. The number of amides is 1. The van der Waals surface area contributed by atoms with Gasteiger partial charge in [-0.1, -0.05) is 30.3 Å². The van der Waals surface area contributed by atoms with Gasteiger partial charge in [0.25, 0.3) is 12.4 Å².